The van der Waals surface area contributed by atoms with E-state index in [1.165, 1.54) is 7.05 Å². The van der Waals surface area contributed by atoms with Crippen LogP contribution in [-0.2, 0) is 28.9 Å². The minimum atomic E-state index is -3.26. The van der Waals surface area contributed by atoms with Crippen molar-refractivity contribution < 1.29 is 8.42 Å². The molecule has 148 valence electrons. The van der Waals surface area contributed by atoms with Crippen LogP contribution in [0.2, 0.25) is 0 Å². The Labute approximate surface area is 178 Å². The first-order chi connectivity index (χ1) is 12.5. The van der Waals surface area contributed by atoms with Gasteiger partial charge in [-0.15, -0.1) is 24.0 Å². The van der Waals surface area contributed by atoms with Crippen molar-refractivity contribution >= 4 is 40.0 Å². The molecule has 0 saturated heterocycles. The first-order valence-corrected chi connectivity index (χ1v) is 10.1. The number of guanidine groups is 1. The molecule has 27 heavy (non-hydrogen) atoms. The van der Waals surface area contributed by atoms with Crippen LogP contribution in [0.1, 0.15) is 23.7 Å². The molecule has 1 aromatic heterocycles. The van der Waals surface area contributed by atoms with Crippen LogP contribution in [0, 0.1) is 0 Å². The van der Waals surface area contributed by atoms with Gasteiger partial charge in [-0.25, -0.2) is 18.1 Å². The zero-order valence-electron chi connectivity index (χ0n) is 15.5. The first kappa shape index (κ1) is 23.3. The van der Waals surface area contributed by atoms with Gasteiger partial charge in [-0.1, -0.05) is 30.3 Å². The number of halogens is 1. The maximum atomic E-state index is 11.6. The van der Waals surface area contributed by atoms with Gasteiger partial charge >= 0.3 is 0 Å². The highest BCUT2D eigenvalue weighted by Crippen LogP contribution is 2.08. The van der Waals surface area contributed by atoms with Crippen molar-refractivity contribution in [2.75, 3.05) is 13.6 Å². The molecule has 0 fully saturated rings. The second-order valence-electron chi connectivity index (χ2n) is 5.65. The zero-order valence-corrected chi connectivity index (χ0v) is 18.6. The van der Waals surface area contributed by atoms with E-state index in [-0.39, 0.29) is 29.7 Å². The normalized spacial score (nSPS) is 11.6. The predicted molar refractivity (Wildman–Crippen MR) is 119 cm³/mol. The van der Waals surface area contributed by atoms with Gasteiger partial charge in [0.15, 0.2) is 5.96 Å². The second-order valence-corrected chi connectivity index (χ2v) is 7.58. The van der Waals surface area contributed by atoms with E-state index in [1.54, 1.807) is 6.20 Å². The number of hydrogen-bond donors (Lipinski definition) is 3. The number of nitrogens with one attached hydrogen (secondary N) is 3. The summed E-state index contributed by atoms with van der Waals surface area (Å²) < 4.78 is 25.5. The lowest BCUT2D eigenvalue weighted by atomic mass is 10.1. The molecule has 0 aliphatic heterocycles. The largest absolute Gasteiger partial charge is 0.357 e. The second kappa shape index (κ2) is 11.9. The monoisotopic (exact) mass is 503 g/mol. The van der Waals surface area contributed by atoms with Crippen LogP contribution in [-0.4, -0.2) is 33.0 Å². The number of hydrogen-bond acceptors (Lipinski definition) is 4. The minimum Gasteiger partial charge on any atom is -0.357 e. The Morgan fingerprint density at radius 2 is 1.78 bits per heavy atom. The molecule has 0 unspecified atom stereocenters. The Balaban J connectivity index is 0.00000364. The number of rotatable bonds is 8. The Hall–Kier alpha value is -1.72. The average Bonchev–Trinajstić information content (AvgIpc) is 2.66. The Kier molecular flexibility index (Phi) is 10.3. The summed E-state index contributed by atoms with van der Waals surface area (Å²) in [6.45, 7) is 3.86. The molecule has 0 aliphatic rings. The number of pyridine rings is 1. The van der Waals surface area contributed by atoms with Crippen LogP contribution in [0.15, 0.2) is 53.7 Å². The summed E-state index contributed by atoms with van der Waals surface area (Å²) in [7, 11) is -1.84. The highest BCUT2D eigenvalue weighted by atomic mass is 127. The van der Waals surface area contributed by atoms with Gasteiger partial charge in [0, 0.05) is 12.7 Å². The van der Waals surface area contributed by atoms with Crippen LogP contribution in [0.25, 0.3) is 0 Å². The number of aromatic nitrogens is 1. The molecular formula is C18H26IN5O2S. The lowest BCUT2D eigenvalue weighted by Crippen LogP contribution is -2.36. The van der Waals surface area contributed by atoms with Gasteiger partial charge in [0.1, 0.15) is 0 Å². The smallest absolute Gasteiger partial charge is 0.215 e. The van der Waals surface area contributed by atoms with Crippen molar-refractivity contribution in [2.24, 2.45) is 4.99 Å². The van der Waals surface area contributed by atoms with E-state index in [9.17, 15) is 8.42 Å². The SMILES string of the molecule is CCNC(=NCc1ccc(CS(=O)(=O)NC)cc1)NCc1ccccn1.I. The third kappa shape index (κ3) is 8.67. The third-order valence-electron chi connectivity index (χ3n) is 3.62. The van der Waals surface area contributed by atoms with E-state index >= 15 is 0 Å². The van der Waals surface area contributed by atoms with Gasteiger partial charge < -0.3 is 10.6 Å². The van der Waals surface area contributed by atoms with Crippen molar-refractivity contribution in [1.29, 1.82) is 0 Å². The molecule has 3 N–H and O–H groups in total. The highest BCUT2D eigenvalue weighted by Gasteiger charge is 2.08. The predicted octanol–water partition coefficient (Wildman–Crippen LogP) is 2.00. The number of nitrogens with zero attached hydrogens (tertiary/aromatic N) is 2. The Bertz CT molecular complexity index is 811. The lowest BCUT2D eigenvalue weighted by Gasteiger charge is -2.11. The third-order valence-corrected chi connectivity index (χ3v) is 4.95. The lowest BCUT2D eigenvalue weighted by molar-refractivity contribution is 0.587. The molecule has 9 heteroatoms. The number of benzene rings is 1. The molecule has 0 amide bonds. The summed E-state index contributed by atoms with van der Waals surface area (Å²) in [4.78, 5) is 8.83. The molecule has 2 rings (SSSR count). The minimum absolute atomic E-state index is 0. The van der Waals surface area contributed by atoms with Crippen LogP contribution in [0.3, 0.4) is 0 Å². The van der Waals surface area contributed by atoms with E-state index in [1.807, 2.05) is 49.4 Å². The van der Waals surface area contributed by atoms with E-state index < -0.39 is 10.0 Å². The summed E-state index contributed by atoms with van der Waals surface area (Å²) in [5, 5.41) is 6.44. The summed E-state index contributed by atoms with van der Waals surface area (Å²) in [5.41, 5.74) is 2.69. The van der Waals surface area contributed by atoms with Crippen LogP contribution in [0.4, 0.5) is 0 Å². The van der Waals surface area contributed by atoms with Crippen LogP contribution >= 0.6 is 24.0 Å². The van der Waals surface area contributed by atoms with Crippen molar-refractivity contribution in [2.45, 2.75) is 25.8 Å². The van der Waals surface area contributed by atoms with Gasteiger partial charge in [-0.2, -0.15) is 0 Å². The molecule has 0 radical (unpaired) electrons. The fourth-order valence-electron chi connectivity index (χ4n) is 2.22. The fourth-order valence-corrected chi connectivity index (χ4v) is 3.00. The van der Waals surface area contributed by atoms with Gasteiger partial charge in [-0.05, 0) is 37.2 Å². The Morgan fingerprint density at radius 3 is 2.37 bits per heavy atom. The topological polar surface area (TPSA) is 95.5 Å². The first-order valence-electron chi connectivity index (χ1n) is 8.43. The zero-order chi connectivity index (χ0) is 18.8. The van der Waals surface area contributed by atoms with Gasteiger partial charge in [-0.3, -0.25) is 4.98 Å². The maximum absolute atomic E-state index is 11.6. The molecule has 0 spiro atoms. The van der Waals surface area contributed by atoms with Gasteiger partial charge in [0.25, 0.3) is 0 Å². The van der Waals surface area contributed by atoms with Crippen molar-refractivity contribution in [3.8, 4) is 0 Å². The van der Waals surface area contributed by atoms with E-state index in [0.29, 0.717) is 19.0 Å². The fraction of sp³-hybridized carbons (Fsp3) is 0.333. The molecule has 2 aromatic rings. The molecule has 0 aliphatic carbocycles. The van der Waals surface area contributed by atoms with E-state index in [0.717, 1.165) is 23.4 Å². The molecule has 1 heterocycles. The molecule has 1 aromatic carbocycles. The highest BCUT2D eigenvalue weighted by molar-refractivity contribution is 14.0. The van der Waals surface area contributed by atoms with Crippen molar-refractivity contribution in [1.82, 2.24) is 20.3 Å². The number of sulfonamides is 1. The van der Waals surface area contributed by atoms with Crippen LogP contribution < -0.4 is 15.4 Å². The van der Waals surface area contributed by atoms with Crippen molar-refractivity contribution in [3.05, 3.63) is 65.5 Å². The summed E-state index contributed by atoms with van der Waals surface area (Å²) in [6, 6.07) is 13.2. The van der Waals surface area contributed by atoms with Gasteiger partial charge in [0.2, 0.25) is 10.0 Å². The van der Waals surface area contributed by atoms with E-state index in [4.69, 9.17) is 0 Å². The quantitative estimate of drug-likeness (QED) is 0.291. The van der Waals surface area contributed by atoms with Gasteiger partial charge in [0.05, 0.1) is 24.5 Å². The summed E-state index contributed by atoms with van der Waals surface area (Å²) >= 11 is 0. The summed E-state index contributed by atoms with van der Waals surface area (Å²) in [6.07, 6.45) is 1.76. The molecule has 7 nitrogen and oxygen atoms in total. The average molecular weight is 503 g/mol. The van der Waals surface area contributed by atoms with Crippen LogP contribution in [0.5, 0.6) is 0 Å². The molecule has 0 atom stereocenters. The standard InChI is InChI=1S/C18H25N5O2S.HI/c1-3-20-18(23-13-17-6-4-5-11-21-17)22-12-15-7-9-16(10-8-15)14-26(24,25)19-2;/h4-11,19H,3,12-14H2,1-2H3,(H2,20,22,23);1H. The van der Waals surface area contributed by atoms with Crippen molar-refractivity contribution in [3.63, 3.8) is 0 Å². The summed E-state index contributed by atoms with van der Waals surface area (Å²) in [5.74, 6) is 0.682. The maximum Gasteiger partial charge on any atom is 0.215 e. The molecule has 0 bridgehead atoms. The Morgan fingerprint density at radius 1 is 1.07 bits per heavy atom. The molecular weight excluding hydrogens is 477 g/mol. The number of aliphatic imine (C=N–C) groups is 1. The molecule has 0 saturated carbocycles. The van der Waals surface area contributed by atoms with E-state index in [2.05, 4.69) is 25.3 Å².